The first-order chi connectivity index (χ1) is 10.3. The zero-order valence-corrected chi connectivity index (χ0v) is 15.1. The average Bonchev–Trinajstić information content (AvgIpc) is 2.50. The predicted molar refractivity (Wildman–Crippen MR) is 91.5 cm³/mol. The number of carbonyl (C=O) groups excluding carboxylic acids is 1. The first kappa shape index (κ1) is 17.9. The number of benzene rings is 1. The van der Waals surface area contributed by atoms with E-state index in [1.54, 1.807) is 12.1 Å². The number of allylic oxidation sites excluding steroid dienone is 2. The minimum Gasteiger partial charge on any atom is -0.425 e. The van der Waals surface area contributed by atoms with Crippen molar-refractivity contribution in [2.75, 3.05) is 0 Å². The van der Waals surface area contributed by atoms with Crippen LogP contribution < -0.4 is 0 Å². The predicted octanol–water partition coefficient (Wildman–Crippen LogP) is 5.88. The minimum absolute atomic E-state index is 0.100. The van der Waals surface area contributed by atoms with Crippen LogP contribution in [0.3, 0.4) is 0 Å². The SMILES string of the molecule is CC[C@@](Cl)(C(=O)OC1=C(Cl)CCCC1(Cl)Cl)c1ccccc1. The molecule has 2 nitrogen and oxygen atoms in total. The normalized spacial score (nSPS) is 20.4. The van der Waals surface area contributed by atoms with Crippen molar-refractivity contribution >= 4 is 52.4 Å². The summed E-state index contributed by atoms with van der Waals surface area (Å²) in [6.07, 6.45) is 2.16. The summed E-state index contributed by atoms with van der Waals surface area (Å²) < 4.78 is 4.14. The van der Waals surface area contributed by atoms with Crippen molar-refractivity contribution in [1.29, 1.82) is 0 Å². The molecule has 0 spiro atoms. The van der Waals surface area contributed by atoms with Crippen LogP contribution in [0.1, 0.15) is 38.2 Å². The summed E-state index contributed by atoms with van der Waals surface area (Å²) in [5, 5.41) is 0.368. The zero-order chi connectivity index (χ0) is 16.4. The second-order valence-electron chi connectivity index (χ2n) is 5.20. The number of halogens is 4. The van der Waals surface area contributed by atoms with Gasteiger partial charge in [-0.25, -0.2) is 4.79 Å². The molecule has 0 saturated carbocycles. The molecule has 0 bridgehead atoms. The quantitative estimate of drug-likeness (QED) is 0.480. The Morgan fingerprint density at radius 3 is 2.50 bits per heavy atom. The van der Waals surface area contributed by atoms with Crippen LogP contribution in [-0.4, -0.2) is 10.3 Å². The maximum absolute atomic E-state index is 12.6. The lowest BCUT2D eigenvalue weighted by Gasteiger charge is -2.31. The van der Waals surface area contributed by atoms with Crippen molar-refractivity contribution < 1.29 is 9.53 Å². The van der Waals surface area contributed by atoms with E-state index >= 15 is 0 Å². The van der Waals surface area contributed by atoms with Crippen LogP contribution in [0.15, 0.2) is 41.1 Å². The van der Waals surface area contributed by atoms with Crippen molar-refractivity contribution in [2.45, 2.75) is 41.8 Å². The molecule has 0 heterocycles. The van der Waals surface area contributed by atoms with Crippen molar-refractivity contribution in [2.24, 2.45) is 0 Å². The molecule has 1 atom stereocenters. The van der Waals surface area contributed by atoms with Gasteiger partial charge >= 0.3 is 5.97 Å². The molecule has 0 fully saturated rings. The fourth-order valence-electron chi connectivity index (χ4n) is 2.36. The van der Waals surface area contributed by atoms with E-state index < -0.39 is 15.2 Å². The fourth-order valence-corrected chi connectivity index (χ4v) is 3.53. The Kier molecular flexibility index (Phi) is 5.71. The Hall–Kier alpha value is -0.410. The lowest BCUT2D eigenvalue weighted by Crippen LogP contribution is -2.34. The van der Waals surface area contributed by atoms with Crippen molar-refractivity contribution in [3.8, 4) is 0 Å². The number of hydrogen-bond donors (Lipinski definition) is 0. The van der Waals surface area contributed by atoms with Crippen LogP contribution in [0.4, 0.5) is 0 Å². The van der Waals surface area contributed by atoms with Crippen LogP contribution in [0.2, 0.25) is 0 Å². The Morgan fingerprint density at radius 1 is 1.32 bits per heavy atom. The molecule has 2 rings (SSSR count). The molecule has 0 radical (unpaired) electrons. The Labute approximate surface area is 150 Å². The monoisotopic (exact) mass is 380 g/mol. The number of alkyl halides is 3. The highest BCUT2D eigenvalue weighted by atomic mass is 35.5. The molecule has 0 aromatic heterocycles. The Balaban J connectivity index is 2.31. The van der Waals surface area contributed by atoms with Crippen LogP contribution >= 0.6 is 46.4 Å². The Bertz CT molecular complexity index is 583. The molecule has 22 heavy (non-hydrogen) atoms. The molecule has 1 aliphatic rings. The zero-order valence-electron chi connectivity index (χ0n) is 12.0. The molecule has 120 valence electrons. The second kappa shape index (κ2) is 7.00. The summed E-state index contributed by atoms with van der Waals surface area (Å²) in [6.45, 7) is 1.81. The highest BCUT2D eigenvalue weighted by Crippen LogP contribution is 2.45. The molecule has 0 aliphatic heterocycles. The molecule has 0 amide bonds. The van der Waals surface area contributed by atoms with E-state index in [1.165, 1.54) is 0 Å². The second-order valence-corrected chi connectivity index (χ2v) is 7.79. The van der Waals surface area contributed by atoms with Gasteiger partial charge in [0, 0.05) is 0 Å². The number of hydrogen-bond acceptors (Lipinski definition) is 2. The van der Waals surface area contributed by atoms with Crippen LogP contribution in [0, 0.1) is 0 Å². The number of rotatable bonds is 4. The van der Waals surface area contributed by atoms with E-state index in [0.29, 0.717) is 29.9 Å². The average molecular weight is 382 g/mol. The third-order valence-electron chi connectivity index (χ3n) is 3.70. The van der Waals surface area contributed by atoms with Gasteiger partial charge in [-0.2, -0.15) is 0 Å². The summed E-state index contributed by atoms with van der Waals surface area (Å²) in [5.74, 6) is -0.522. The molecular weight excluding hydrogens is 366 g/mol. The summed E-state index contributed by atoms with van der Waals surface area (Å²) in [5.41, 5.74) is 0.659. The van der Waals surface area contributed by atoms with E-state index in [1.807, 2.05) is 25.1 Å². The first-order valence-electron chi connectivity index (χ1n) is 7.05. The first-order valence-corrected chi connectivity index (χ1v) is 8.56. The standard InChI is InChI=1S/C16H16Cl4O2/c1-2-15(18,11-7-4-3-5-8-11)14(21)22-13-12(17)9-6-10-16(13,19)20/h3-5,7-8H,2,6,9-10H2,1H3/t15-/m0/s1. The summed E-state index contributed by atoms with van der Waals surface area (Å²) in [6, 6.07) is 9.04. The van der Waals surface area contributed by atoms with Gasteiger partial charge in [0.2, 0.25) is 0 Å². The highest BCUT2D eigenvalue weighted by Gasteiger charge is 2.43. The number of ether oxygens (including phenoxy) is 1. The largest absolute Gasteiger partial charge is 0.425 e. The fraction of sp³-hybridized carbons (Fsp3) is 0.438. The molecule has 0 N–H and O–H groups in total. The third-order valence-corrected chi connectivity index (χ3v) is 5.42. The van der Waals surface area contributed by atoms with E-state index in [4.69, 9.17) is 51.1 Å². The van der Waals surface area contributed by atoms with Gasteiger partial charge in [0.25, 0.3) is 0 Å². The van der Waals surface area contributed by atoms with E-state index in [2.05, 4.69) is 0 Å². The number of carbonyl (C=O) groups is 1. The van der Waals surface area contributed by atoms with Crippen LogP contribution in [-0.2, 0) is 14.4 Å². The van der Waals surface area contributed by atoms with Gasteiger partial charge in [0.05, 0.1) is 5.03 Å². The lowest BCUT2D eigenvalue weighted by molar-refractivity contribution is -0.143. The summed E-state index contributed by atoms with van der Waals surface area (Å²) in [4.78, 5) is 11.3. The van der Waals surface area contributed by atoms with Crippen LogP contribution in [0.5, 0.6) is 0 Å². The maximum atomic E-state index is 12.6. The number of esters is 1. The Morgan fingerprint density at radius 2 is 1.95 bits per heavy atom. The van der Waals surface area contributed by atoms with Gasteiger partial charge in [0.1, 0.15) is 0 Å². The topological polar surface area (TPSA) is 26.3 Å². The minimum atomic E-state index is -1.30. The van der Waals surface area contributed by atoms with Gasteiger partial charge in [-0.1, -0.05) is 72.1 Å². The van der Waals surface area contributed by atoms with Gasteiger partial charge in [-0.05, 0) is 31.2 Å². The third kappa shape index (κ3) is 3.56. The molecule has 1 aliphatic carbocycles. The van der Waals surface area contributed by atoms with Crippen molar-refractivity contribution in [1.82, 2.24) is 0 Å². The molecule has 1 aromatic carbocycles. The van der Waals surface area contributed by atoms with Crippen molar-refractivity contribution in [3.63, 3.8) is 0 Å². The van der Waals surface area contributed by atoms with E-state index in [-0.39, 0.29) is 5.76 Å². The van der Waals surface area contributed by atoms with Crippen molar-refractivity contribution in [3.05, 3.63) is 46.7 Å². The van der Waals surface area contributed by atoms with Crippen LogP contribution in [0.25, 0.3) is 0 Å². The molecule has 0 unspecified atom stereocenters. The molecular formula is C16H16Cl4O2. The molecule has 0 saturated heterocycles. The highest BCUT2D eigenvalue weighted by molar-refractivity contribution is 6.51. The van der Waals surface area contributed by atoms with Gasteiger partial charge in [-0.15, -0.1) is 11.6 Å². The summed E-state index contributed by atoms with van der Waals surface area (Å²) in [7, 11) is 0. The van der Waals surface area contributed by atoms with E-state index in [0.717, 1.165) is 6.42 Å². The van der Waals surface area contributed by atoms with Gasteiger partial charge < -0.3 is 4.74 Å². The van der Waals surface area contributed by atoms with E-state index in [9.17, 15) is 4.79 Å². The summed E-state index contributed by atoms with van der Waals surface area (Å²) >= 11 is 25.1. The smallest absolute Gasteiger partial charge is 0.337 e. The van der Waals surface area contributed by atoms with Gasteiger partial charge in [0.15, 0.2) is 15.0 Å². The lowest BCUT2D eigenvalue weighted by atomic mass is 9.95. The molecule has 1 aromatic rings. The van der Waals surface area contributed by atoms with Gasteiger partial charge in [-0.3, -0.25) is 0 Å². The molecule has 6 heteroatoms. The maximum Gasteiger partial charge on any atom is 0.337 e.